The van der Waals surface area contributed by atoms with E-state index in [0.717, 1.165) is 5.56 Å². The van der Waals surface area contributed by atoms with E-state index in [1.807, 2.05) is 6.07 Å². The summed E-state index contributed by atoms with van der Waals surface area (Å²) in [5.74, 6) is -1.39. The Morgan fingerprint density at radius 2 is 1.94 bits per heavy atom. The summed E-state index contributed by atoms with van der Waals surface area (Å²) in [7, 11) is 0. The van der Waals surface area contributed by atoms with E-state index in [2.05, 4.69) is 0 Å². The second-order valence-electron chi connectivity index (χ2n) is 3.39. The predicted molar refractivity (Wildman–Crippen MR) is 63.0 cm³/mol. The van der Waals surface area contributed by atoms with Crippen LogP contribution in [-0.4, -0.2) is 22.9 Å². The molecule has 0 heterocycles. The standard InChI is InChI=1S/C11H13NO3.ClH/c1-7-4-2-3-5-8(7)10(13)6-9(12)11(14)15;/h2-5,9H,6,12H2,1H3,(H,14,15);1H/t9-;/m0./s1. The Morgan fingerprint density at radius 3 is 2.44 bits per heavy atom. The summed E-state index contributed by atoms with van der Waals surface area (Å²) in [4.78, 5) is 22.1. The van der Waals surface area contributed by atoms with Crippen molar-refractivity contribution in [1.29, 1.82) is 0 Å². The molecule has 0 amide bonds. The SMILES string of the molecule is Cc1ccccc1C(=O)C[C@H](N)C(=O)O.Cl. The molecule has 1 aromatic carbocycles. The molecule has 0 bridgehead atoms. The number of hydrogen-bond donors (Lipinski definition) is 2. The summed E-state index contributed by atoms with van der Waals surface area (Å²) in [5.41, 5.74) is 6.65. The third-order valence-electron chi connectivity index (χ3n) is 2.17. The van der Waals surface area contributed by atoms with E-state index >= 15 is 0 Å². The van der Waals surface area contributed by atoms with E-state index < -0.39 is 12.0 Å². The molecule has 0 saturated heterocycles. The number of hydrogen-bond acceptors (Lipinski definition) is 3. The largest absolute Gasteiger partial charge is 0.480 e. The number of Topliss-reactive ketones (excluding diaryl/α,β-unsaturated/α-hetero) is 1. The lowest BCUT2D eigenvalue weighted by Gasteiger charge is -2.07. The molecule has 0 fully saturated rings. The summed E-state index contributed by atoms with van der Waals surface area (Å²) in [6, 6.07) is 5.92. The highest BCUT2D eigenvalue weighted by atomic mass is 35.5. The first-order chi connectivity index (χ1) is 7.02. The molecule has 0 spiro atoms. The highest BCUT2D eigenvalue weighted by Crippen LogP contribution is 2.10. The van der Waals surface area contributed by atoms with Gasteiger partial charge in [0, 0.05) is 12.0 Å². The maximum absolute atomic E-state index is 11.6. The maximum Gasteiger partial charge on any atom is 0.320 e. The van der Waals surface area contributed by atoms with Gasteiger partial charge in [-0.3, -0.25) is 9.59 Å². The Labute approximate surface area is 99.9 Å². The van der Waals surface area contributed by atoms with Gasteiger partial charge in [0.05, 0.1) is 0 Å². The van der Waals surface area contributed by atoms with Crippen LogP contribution in [0.25, 0.3) is 0 Å². The molecule has 1 aromatic rings. The number of carboxylic acids is 1. The van der Waals surface area contributed by atoms with Gasteiger partial charge in [0.15, 0.2) is 5.78 Å². The Kier molecular flexibility index (Phi) is 5.71. The number of carbonyl (C=O) groups excluding carboxylic acids is 1. The van der Waals surface area contributed by atoms with Crippen molar-refractivity contribution in [3.8, 4) is 0 Å². The minimum atomic E-state index is -1.16. The zero-order valence-corrected chi connectivity index (χ0v) is 9.66. The van der Waals surface area contributed by atoms with Crippen molar-refractivity contribution in [3.05, 3.63) is 35.4 Å². The van der Waals surface area contributed by atoms with Gasteiger partial charge in [-0.05, 0) is 12.5 Å². The highest BCUT2D eigenvalue weighted by molar-refractivity contribution is 5.99. The minimum Gasteiger partial charge on any atom is -0.480 e. The second kappa shape index (κ2) is 6.25. The molecular weight excluding hydrogens is 230 g/mol. The third-order valence-corrected chi connectivity index (χ3v) is 2.17. The Balaban J connectivity index is 0.00000225. The van der Waals surface area contributed by atoms with E-state index in [0.29, 0.717) is 5.56 Å². The van der Waals surface area contributed by atoms with Gasteiger partial charge in [0.25, 0.3) is 0 Å². The fourth-order valence-corrected chi connectivity index (χ4v) is 1.28. The number of halogens is 1. The first-order valence-corrected chi connectivity index (χ1v) is 4.59. The second-order valence-corrected chi connectivity index (χ2v) is 3.39. The topological polar surface area (TPSA) is 80.4 Å². The van der Waals surface area contributed by atoms with Gasteiger partial charge >= 0.3 is 5.97 Å². The molecule has 1 rings (SSSR count). The lowest BCUT2D eigenvalue weighted by molar-refractivity contribution is -0.138. The minimum absolute atomic E-state index is 0. The molecule has 0 radical (unpaired) electrons. The summed E-state index contributed by atoms with van der Waals surface area (Å²) in [6.45, 7) is 1.81. The van der Waals surface area contributed by atoms with Crippen molar-refractivity contribution >= 4 is 24.2 Å². The molecule has 5 heteroatoms. The number of benzene rings is 1. The molecule has 4 nitrogen and oxygen atoms in total. The number of rotatable bonds is 4. The fraction of sp³-hybridized carbons (Fsp3) is 0.273. The Morgan fingerprint density at radius 1 is 1.38 bits per heavy atom. The number of ketones is 1. The van der Waals surface area contributed by atoms with E-state index in [1.165, 1.54) is 0 Å². The van der Waals surface area contributed by atoms with Gasteiger partial charge in [0.2, 0.25) is 0 Å². The third kappa shape index (κ3) is 3.64. The van der Waals surface area contributed by atoms with Crippen LogP contribution in [0.15, 0.2) is 24.3 Å². The molecule has 0 unspecified atom stereocenters. The summed E-state index contributed by atoms with van der Waals surface area (Å²) >= 11 is 0. The van der Waals surface area contributed by atoms with Crippen LogP contribution in [0, 0.1) is 6.92 Å². The van der Waals surface area contributed by atoms with E-state index in [9.17, 15) is 9.59 Å². The number of aryl methyl sites for hydroxylation is 1. The van der Waals surface area contributed by atoms with Crippen LogP contribution >= 0.6 is 12.4 Å². The maximum atomic E-state index is 11.6. The van der Waals surface area contributed by atoms with Gasteiger partial charge in [-0.25, -0.2) is 0 Å². The summed E-state index contributed by atoms with van der Waals surface area (Å²) < 4.78 is 0. The molecule has 1 atom stereocenters. The Hall–Kier alpha value is -1.39. The molecule has 0 aliphatic heterocycles. The number of carbonyl (C=O) groups is 2. The Bertz CT molecular complexity index is 393. The number of carboxylic acid groups (broad SMARTS) is 1. The van der Waals surface area contributed by atoms with Gasteiger partial charge in [-0.2, -0.15) is 0 Å². The van der Waals surface area contributed by atoms with Crippen molar-refractivity contribution in [2.75, 3.05) is 0 Å². The molecule has 0 aromatic heterocycles. The first-order valence-electron chi connectivity index (χ1n) is 4.59. The molecule has 0 saturated carbocycles. The van der Waals surface area contributed by atoms with Gasteiger partial charge in [-0.1, -0.05) is 24.3 Å². The normalized spacial score (nSPS) is 11.4. The van der Waals surface area contributed by atoms with E-state index in [1.54, 1.807) is 25.1 Å². The quantitative estimate of drug-likeness (QED) is 0.784. The van der Waals surface area contributed by atoms with Crippen molar-refractivity contribution < 1.29 is 14.7 Å². The van der Waals surface area contributed by atoms with Crippen LogP contribution in [0.3, 0.4) is 0 Å². The monoisotopic (exact) mass is 243 g/mol. The summed E-state index contributed by atoms with van der Waals surface area (Å²) in [5, 5.41) is 8.57. The van der Waals surface area contributed by atoms with Crippen molar-refractivity contribution in [1.82, 2.24) is 0 Å². The highest BCUT2D eigenvalue weighted by Gasteiger charge is 2.18. The molecule has 16 heavy (non-hydrogen) atoms. The zero-order valence-electron chi connectivity index (χ0n) is 8.84. The van der Waals surface area contributed by atoms with Crippen LogP contribution in [0.1, 0.15) is 22.3 Å². The average molecular weight is 244 g/mol. The fourth-order valence-electron chi connectivity index (χ4n) is 1.28. The van der Waals surface area contributed by atoms with Crippen molar-refractivity contribution in [2.45, 2.75) is 19.4 Å². The zero-order chi connectivity index (χ0) is 11.4. The van der Waals surface area contributed by atoms with Gasteiger partial charge in [0.1, 0.15) is 6.04 Å². The van der Waals surface area contributed by atoms with Gasteiger partial charge in [-0.15, -0.1) is 12.4 Å². The number of nitrogens with two attached hydrogens (primary N) is 1. The molecule has 0 aliphatic rings. The molecule has 88 valence electrons. The lowest BCUT2D eigenvalue weighted by atomic mass is 10.00. The number of aliphatic carboxylic acids is 1. The van der Waals surface area contributed by atoms with Crippen LogP contribution in [0.5, 0.6) is 0 Å². The van der Waals surface area contributed by atoms with Gasteiger partial charge < -0.3 is 10.8 Å². The molecule has 3 N–H and O–H groups in total. The average Bonchev–Trinajstić information content (AvgIpc) is 2.18. The predicted octanol–water partition coefficient (Wildman–Crippen LogP) is 1.40. The van der Waals surface area contributed by atoms with Crippen LogP contribution in [-0.2, 0) is 4.79 Å². The first kappa shape index (κ1) is 14.6. The van der Waals surface area contributed by atoms with E-state index in [4.69, 9.17) is 10.8 Å². The molecule has 0 aliphatic carbocycles. The van der Waals surface area contributed by atoms with E-state index in [-0.39, 0.29) is 24.6 Å². The smallest absolute Gasteiger partial charge is 0.320 e. The van der Waals surface area contributed by atoms with Crippen LogP contribution in [0.2, 0.25) is 0 Å². The van der Waals surface area contributed by atoms with Crippen LogP contribution < -0.4 is 5.73 Å². The molecular formula is C11H14ClNO3. The van der Waals surface area contributed by atoms with Crippen molar-refractivity contribution in [3.63, 3.8) is 0 Å². The van der Waals surface area contributed by atoms with Crippen molar-refractivity contribution in [2.24, 2.45) is 5.73 Å². The lowest BCUT2D eigenvalue weighted by Crippen LogP contribution is -2.32. The van der Waals surface area contributed by atoms with Crippen LogP contribution in [0.4, 0.5) is 0 Å². The summed E-state index contributed by atoms with van der Waals surface area (Å²) in [6.07, 6.45) is -0.166.